The molecular formula is C9H10N4O2. The van der Waals surface area contributed by atoms with E-state index in [4.69, 9.17) is 5.53 Å². The SMILES string of the molecule is CC[C@H](N=[N+]=[N-])c1cccc([N+](=O)[O-])c1. The van der Waals surface area contributed by atoms with Crippen molar-refractivity contribution in [1.29, 1.82) is 0 Å². The summed E-state index contributed by atoms with van der Waals surface area (Å²) in [5, 5.41) is 14.1. The molecule has 1 rings (SSSR count). The van der Waals surface area contributed by atoms with E-state index in [1.54, 1.807) is 12.1 Å². The highest BCUT2D eigenvalue weighted by molar-refractivity contribution is 5.35. The van der Waals surface area contributed by atoms with Gasteiger partial charge in [-0.2, -0.15) is 0 Å². The highest BCUT2D eigenvalue weighted by Crippen LogP contribution is 2.24. The van der Waals surface area contributed by atoms with Crippen LogP contribution in [0.15, 0.2) is 29.4 Å². The summed E-state index contributed by atoms with van der Waals surface area (Å²) in [6.07, 6.45) is 0.616. The zero-order chi connectivity index (χ0) is 11.3. The first kappa shape index (κ1) is 11.0. The maximum Gasteiger partial charge on any atom is 0.269 e. The van der Waals surface area contributed by atoms with Crippen LogP contribution in [0.2, 0.25) is 0 Å². The van der Waals surface area contributed by atoms with E-state index in [0.29, 0.717) is 12.0 Å². The third kappa shape index (κ3) is 2.69. The predicted octanol–water partition coefficient (Wildman–Crippen LogP) is 3.36. The Kier molecular flexibility index (Phi) is 3.65. The molecule has 0 saturated heterocycles. The van der Waals surface area contributed by atoms with Gasteiger partial charge in [0.15, 0.2) is 0 Å². The van der Waals surface area contributed by atoms with Crippen molar-refractivity contribution in [1.82, 2.24) is 0 Å². The fourth-order valence-electron chi connectivity index (χ4n) is 1.29. The van der Waals surface area contributed by atoms with Gasteiger partial charge in [0.1, 0.15) is 0 Å². The molecule has 0 saturated carbocycles. The molecule has 0 fully saturated rings. The normalized spacial score (nSPS) is 11.5. The van der Waals surface area contributed by atoms with Gasteiger partial charge in [0.2, 0.25) is 0 Å². The van der Waals surface area contributed by atoms with Gasteiger partial charge in [-0.3, -0.25) is 10.1 Å². The van der Waals surface area contributed by atoms with E-state index in [9.17, 15) is 10.1 Å². The molecule has 78 valence electrons. The van der Waals surface area contributed by atoms with Crippen LogP contribution in [0.3, 0.4) is 0 Å². The summed E-state index contributed by atoms with van der Waals surface area (Å²) in [6.45, 7) is 1.86. The fourth-order valence-corrected chi connectivity index (χ4v) is 1.29. The topological polar surface area (TPSA) is 91.9 Å². The molecule has 0 unspecified atom stereocenters. The van der Waals surface area contributed by atoms with Crippen LogP contribution in [0.4, 0.5) is 5.69 Å². The summed E-state index contributed by atoms with van der Waals surface area (Å²) < 4.78 is 0. The lowest BCUT2D eigenvalue weighted by Gasteiger charge is -2.07. The molecule has 0 aliphatic carbocycles. The van der Waals surface area contributed by atoms with Gasteiger partial charge in [-0.1, -0.05) is 24.2 Å². The Labute approximate surface area is 86.3 Å². The molecule has 0 aliphatic heterocycles. The summed E-state index contributed by atoms with van der Waals surface area (Å²) in [7, 11) is 0. The number of nitrogens with zero attached hydrogens (tertiary/aromatic N) is 4. The smallest absolute Gasteiger partial charge is 0.258 e. The van der Waals surface area contributed by atoms with Gasteiger partial charge in [0.05, 0.1) is 11.0 Å². The van der Waals surface area contributed by atoms with Crippen molar-refractivity contribution < 1.29 is 4.92 Å². The van der Waals surface area contributed by atoms with Gasteiger partial charge < -0.3 is 0 Å². The lowest BCUT2D eigenvalue weighted by Crippen LogP contribution is -1.94. The van der Waals surface area contributed by atoms with Gasteiger partial charge >= 0.3 is 0 Å². The number of non-ortho nitro benzene ring substituents is 1. The number of azide groups is 1. The van der Waals surface area contributed by atoms with Crippen molar-refractivity contribution in [3.63, 3.8) is 0 Å². The second-order valence-corrected chi connectivity index (χ2v) is 2.98. The zero-order valence-electron chi connectivity index (χ0n) is 8.20. The molecule has 6 nitrogen and oxygen atoms in total. The Morgan fingerprint density at radius 3 is 2.93 bits per heavy atom. The molecule has 0 N–H and O–H groups in total. The molecule has 0 heterocycles. The quantitative estimate of drug-likeness (QED) is 0.248. The molecule has 6 heteroatoms. The molecule has 0 spiro atoms. The third-order valence-corrected chi connectivity index (χ3v) is 2.04. The zero-order valence-corrected chi connectivity index (χ0v) is 8.20. The Morgan fingerprint density at radius 1 is 1.67 bits per heavy atom. The number of hydrogen-bond donors (Lipinski definition) is 0. The molecule has 1 atom stereocenters. The van der Waals surface area contributed by atoms with Crippen molar-refractivity contribution >= 4 is 5.69 Å². The molecule has 1 aromatic rings. The summed E-state index contributed by atoms with van der Waals surface area (Å²) >= 11 is 0. The first-order valence-corrected chi connectivity index (χ1v) is 4.47. The van der Waals surface area contributed by atoms with Gasteiger partial charge in [-0.05, 0) is 17.5 Å². The Balaban J connectivity index is 3.07. The highest BCUT2D eigenvalue weighted by Gasteiger charge is 2.11. The largest absolute Gasteiger partial charge is 0.269 e. The number of nitro groups is 1. The van der Waals surface area contributed by atoms with E-state index < -0.39 is 4.92 Å². The molecular weight excluding hydrogens is 196 g/mol. The lowest BCUT2D eigenvalue weighted by atomic mass is 10.1. The molecule has 15 heavy (non-hydrogen) atoms. The van der Waals surface area contributed by atoms with Crippen LogP contribution >= 0.6 is 0 Å². The average molecular weight is 206 g/mol. The molecule has 0 radical (unpaired) electrons. The minimum Gasteiger partial charge on any atom is -0.258 e. The predicted molar refractivity (Wildman–Crippen MR) is 55.3 cm³/mol. The Bertz CT molecular complexity index is 412. The minimum absolute atomic E-state index is 0.0130. The Morgan fingerprint density at radius 2 is 2.40 bits per heavy atom. The number of nitro benzene ring substituents is 1. The standard InChI is InChI=1S/C9H10N4O2/c1-2-9(11-12-10)7-4-3-5-8(6-7)13(14)15/h3-6,9H,2H2,1H3/t9-/m0/s1. The molecule has 0 aromatic heterocycles. The van der Waals surface area contributed by atoms with Crippen molar-refractivity contribution in [2.24, 2.45) is 5.11 Å². The molecule has 0 amide bonds. The van der Waals surface area contributed by atoms with Gasteiger partial charge in [-0.15, -0.1) is 0 Å². The number of benzene rings is 1. The lowest BCUT2D eigenvalue weighted by molar-refractivity contribution is -0.384. The minimum atomic E-state index is -0.466. The molecule has 0 aliphatic rings. The number of hydrogen-bond acceptors (Lipinski definition) is 3. The van der Waals surface area contributed by atoms with Crippen molar-refractivity contribution in [3.05, 3.63) is 50.4 Å². The van der Waals surface area contributed by atoms with E-state index in [0.717, 1.165) is 0 Å². The van der Waals surface area contributed by atoms with Crippen LogP contribution in [-0.4, -0.2) is 4.92 Å². The number of rotatable bonds is 4. The van der Waals surface area contributed by atoms with E-state index in [-0.39, 0.29) is 11.7 Å². The van der Waals surface area contributed by atoms with Crippen LogP contribution in [0.5, 0.6) is 0 Å². The summed E-state index contributed by atoms with van der Waals surface area (Å²) in [6, 6.07) is 5.81. The van der Waals surface area contributed by atoms with Crippen LogP contribution in [-0.2, 0) is 0 Å². The molecule has 1 aromatic carbocycles. The average Bonchev–Trinajstić information content (AvgIpc) is 2.26. The maximum absolute atomic E-state index is 10.5. The van der Waals surface area contributed by atoms with Gasteiger partial charge in [0, 0.05) is 17.0 Å². The van der Waals surface area contributed by atoms with E-state index in [1.807, 2.05) is 6.92 Å². The monoisotopic (exact) mass is 206 g/mol. The Hall–Kier alpha value is -2.07. The van der Waals surface area contributed by atoms with Crippen LogP contribution in [0, 0.1) is 10.1 Å². The first-order chi connectivity index (χ1) is 7.19. The summed E-state index contributed by atoms with van der Waals surface area (Å²) in [5.41, 5.74) is 9.02. The van der Waals surface area contributed by atoms with E-state index in [2.05, 4.69) is 10.0 Å². The van der Waals surface area contributed by atoms with Crippen molar-refractivity contribution in [2.75, 3.05) is 0 Å². The van der Waals surface area contributed by atoms with Gasteiger partial charge in [-0.25, -0.2) is 0 Å². The van der Waals surface area contributed by atoms with Crippen molar-refractivity contribution in [3.8, 4) is 0 Å². The third-order valence-electron chi connectivity index (χ3n) is 2.04. The van der Waals surface area contributed by atoms with Crippen LogP contribution < -0.4 is 0 Å². The van der Waals surface area contributed by atoms with Crippen LogP contribution in [0.1, 0.15) is 24.9 Å². The molecule has 0 bridgehead atoms. The van der Waals surface area contributed by atoms with Crippen molar-refractivity contribution in [2.45, 2.75) is 19.4 Å². The summed E-state index contributed by atoms with van der Waals surface area (Å²) in [5.74, 6) is 0. The second-order valence-electron chi connectivity index (χ2n) is 2.98. The van der Waals surface area contributed by atoms with E-state index >= 15 is 0 Å². The second kappa shape index (κ2) is 4.97. The van der Waals surface area contributed by atoms with Gasteiger partial charge in [0.25, 0.3) is 5.69 Å². The maximum atomic E-state index is 10.5. The van der Waals surface area contributed by atoms with E-state index in [1.165, 1.54) is 12.1 Å². The fraction of sp³-hybridized carbons (Fsp3) is 0.333. The first-order valence-electron chi connectivity index (χ1n) is 4.47. The summed E-state index contributed by atoms with van der Waals surface area (Å²) in [4.78, 5) is 12.8. The van der Waals surface area contributed by atoms with Crippen LogP contribution in [0.25, 0.3) is 10.4 Å². The highest BCUT2D eigenvalue weighted by atomic mass is 16.6.